The van der Waals surface area contributed by atoms with Crippen molar-refractivity contribution in [2.45, 2.75) is 0 Å². The number of hydrogen-bond donors (Lipinski definition) is 0. The van der Waals surface area contributed by atoms with E-state index in [0.29, 0.717) is 6.54 Å². The first-order valence-corrected chi connectivity index (χ1v) is 4.65. The minimum Gasteiger partial charge on any atom is -0.800 e. The van der Waals surface area contributed by atoms with Crippen LogP contribution >= 0.6 is 7.37 Å². The van der Waals surface area contributed by atoms with Crippen LogP contribution in [0.5, 0.6) is 0 Å². The first-order valence-electron chi connectivity index (χ1n) is 2.39. The summed E-state index contributed by atoms with van der Waals surface area (Å²) in [6, 6.07) is 0. The summed E-state index contributed by atoms with van der Waals surface area (Å²) < 4.78 is 10.4. The van der Waals surface area contributed by atoms with Gasteiger partial charge in [-0.1, -0.05) is 0 Å². The molecule has 3 nitrogen and oxygen atoms in total. The molecule has 0 aromatic rings. The van der Waals surface area contributed by atoms with Crippen LogP contribution < -0.4 is 4.89 Å². The van der Waals surface area contributed by atoms with Gasteiger partial charge in [-0.3, -0.25) is 0 Å². The molecular formula is C4H10NO2P-2. The van der Waals surface area contributed by atoms with Gasteiger partial charge in [-0.25, -0.2) is 0 Å². The summed E-state index contributed by atoms with van der Waals surface area (Å²) >= 11 is 0. The Morgan fingerprint density at radius 1 is 1.75 bits per heavy atom. The van der Waals surface area contributed by atoms with Crippen molar-refractivity contribution in [3.05, 3.63) is 5.32 Å². The Labute approximate surface area is 49.6 Å². The Balaban J connectivity index is 3.26. The zero-order valence-electron chi connectivity index (χ0n) is 5.13. The summed E-state index contributed by atoms with van der Waals surface area (Å²) in [4.78, 5) is 10.4. The summed E-state index contributed by atoms with van der Waals surface area (Å²) in [5.74, 6) is 0. The molecule has 0 aromatic heterocycles. The molecule has 8 heavy (non-hydrogen) atoms. The lowest BCUT2D eigenvalue weighted by Gasteiger charge is -2.21. The van der Waals surface area contributed by atoms with Crippen molar-refractivity contribution in [3.8, 4) is 0 Å². The fourth-order valence-electron chi connectivity index (χ4n) is 0.282. The van der Waals surface area contributed by atoms with Crippen LogP contribution in [0, 0.1) is 0 Å². The summed E-state index contributed by atoms with van der Waals surface area (Å²) in [7, 11) is -1.42. The highest BCUT2D eigenvalue weighted by molar-refractivity contribution is 7.55. The van der Waals surface area contributed by atoms with Crippen LogP contribution in [0.3, 0.4) is 0 Å². The molecule has 50 valence electrons. The lowest BCUT2D eigenvalue weighted by Crippen LogP contribution is -2.05. The topological polar surface area (TPSA) is 54.2 Å². The van der Waals surface area contributed by atoms with Gasteiger partial charge in [-0.05, 0) is 12.8 Å². The average molecular weight is 135 g/mol. The van der Waals surface area contributed by atoms with E-state index in [1.807, 2.05) is 0 Å². The van der Waals surface area contributed by atoms with Gasteiger partial charge in [0.15, 0.2) is 0 Å². The number of rotatable bonds is 3. The van der Waals surface area contributed by atoms with Crippen LogP contribution in [0.1, 0.15) is 0 Å². The maximum absolute atomic E-state index is 10.4. The lowest BCUT2D eigenvalue weighted by atomic mass is 10.8. The van der Waals surface area contributed by atoms with Gasteiger partial charge in [0.25, 0.3) is 0 Å². The van der Waals surface area contributed by atoms with Crippen LogP contribution in [0.4, 0.5) is 0 Å². The van der Waals surface area contributed by atoms with E-state index in [1.54, 1.807) is 7.05 Å². The summed E-state index contributed by atoms with van der Waals surface area (Å²) in [5, 5.41) is 3.65. The van der Waals surface area contributed by atoms with Crippen molar-refractivity contribution in [2.75, 3.05) is 26.4 Å². The van der Waals surface area contributed by atoms with E-state index in [0.717, 1.165) is 0 Å². The molecule has 4 heteroatoms. The van der Waals surface area contributed by atoms with E-state index in [-0.39, 0.29) is 6.16 Å². The number of nitrogens with zero attached hydrogens (tertiary/aromatic N) is 1. The predicted molar refractivity (Wildman–Crippen MR) is 32.5 cm³/mol. The second-order valence-corrected chi connectivity index (χ2v) is 4.25. The minimum absolute atomic E-state index is 0.198. The van der Waals surface area contributed by atoms with E-state index < -0.39 is 7.37 Å². The van der Waals surface area contributed by atoms with Gasteiger partial charge in [-0.2, -0.15) is 7.05 Å². The second kappa shape index (κ2) is 3.23. The first kappa shape index (κ1) is 8.15. The van der Waals surface area contributed by atoms with Gasteiger partial charge in [0, 0.05) is 7.37 Å². The van der Waals surface area contributed by atoms with Crippen LogP contribution in [-0.4, -0.2) is 26.4 Å². The van der Waals surface area contributed by atoms with Crippen LogP contribution in [0.25, 0.3) is 5.32 Å². The third-order valence-electron chi connectivity index (χ3n) is 0.730. The lowest BCUT2D eigenvalue weighted by molar-refractivity contribution is -0.173. The SMILES string of the molecule is C[N-]CCP(C)(=O)[O-]. The van der Waals surface area contributed by atoms with E-state index in [9.17, 15) is 9.46 Å². The standard InChI is InChI=1S/C4H11NO2P/c1-5-3-4-8(2,6)7/h3-4H2,1-2H3,(H,6,7)/q-1/p-1. The molecule has 0 aliphatic heterocycles. The van der Waals surface area contributed by atoms with Crippen LogP contribution in [0.15, 0.2) is 0 Å². The highest BCUT2D eigenvalue weighted by Crippen LogP contribution is 2.28. The van der Waals surface area contributed by atoms with Crippen molar-refractivity contribution in [1.82, 2.24) is 0 Å². The van der Waals surface area contributed by atoms with Crippen LogP contribution in [0.2, 0.25) is 0 Å². The highest BCUT2D eigenvalue weighted by Gasteiger charge is 1.90. The summed E-state index contributed by atoms with van der Waals surface area (Å²) in [6.07, 6.45) is 0.198. The van der Waals surface area contributed by atoms with Crippen molar-refractivity contribution < 1.29 is 9.46 Å². The molecule has 0 saturated carbocycles. The third kappa shape index (κ3) is 6.15. The molecule has 0 saturated heterocycles. The maximum Gasteiger partial charge on any atom is 0.0101 e. The van der Waals surface area contributed by atoms with Gasteiger partial charge in [-0.15, -0.1) is 6.54 Å². The zero-order valence-corrected chi connectivity index (χ0v) is 6.02. The Morgan fingerprint density at radius 2 is 2.25 bits per heavy atom. The van der Waals surface area contributed by atoms with Crippen molar-refractivity contribution in [1.29, 1.82) is 0 Å². The molecule has 0 rings (SSSR count). The quantitative estimate of drug-likeness (QED) is 0.521. The van der Waals surface area contributed by atoms with E-state index in [4.69, 9.17) is 0 Å². The summed E-state index contributed by atoms with van der Waals surface area (Å²) in [6.45, 7) is 1.66. The molecule has 0 aliphatic rings. The molecule has 0 spiro atoms. The third-order valence-corrected chi connectivity index (χ3v) is 1.74. The molecule has 0 heterocycles. The molecule has 0 N–H and O–H groups in total. The zero-order chi connectivity index (χ0) is 6.62. The van der Waals surface area contributed by atoms with Crippen molar-refractivity contribution in [2.24, 2.45) is 0 Å². The molecule has 0 aromatic carbocycles. The second-order valence-electron chi connectivity index (χ2n) is 1.78. The monoisotopic (exact) mass is 135 g/mol. The molecular weight excluding hydrogens is 125 g/mol. The maximum atomic E-state index is 10.4. The molecule has 0 radical (unpaired) electrons. The molecule has 0 bridgehead atoms. The van der Waals surface area contributed by atoms with Crippen molar-refractivity contribution in [3.63, 3.8) is 0 Å². The fraction of sp³-hybridized carbons (Fsp3) is 1.00. The van der Waals surface area contributed by atoms with Gasteiger partial charge in [0.05, 0.1) is 0 Å². The molecule has 0 aliphatic carbocycles. The Morgan fingerprint density at radius 3 is 2.38 bits per heavy atom. The molecule has 1 atom stereocenters. The van der Waals surface area contributed by atoms with Gasteiger partial charge in [0.1, 0.15) is 0 Å². The van der Waals surface area contributed by atoms with Crippen molar-refractivity contribution >= 4 is 7.37 Å². The average Bonchev–Trinajstić information content (AvgIpc) is 1.59. The fourth-order valence-corrected chi connectivity index (χ4v) is 0.845. The summed E-state index contributed by atoms with van der Waals surface area (Å²) in [5.41, 5.74) is 0. The van der Waals surface area contributed by atoms with Gasteiger partial charge in [0.2, 0.25) is 0 Å². The van der Waals surface area contributed by atoms with E-state index in [1.165, 1.54) is 6.66 Å². The Kier molecular flexibility index (Phi) is 3.29. The normalized spacial score (nSPS) is 17.9. The number of hydrogen-bond acceptors (Lipinski definition) is 2. The smallest absolute Gasteiger partial charge is 0.0101 e. The predicted octanol–water partition coefficient (Wildman–Crippen LogP) is 0.258. The van der Waals surface area contributed by atoms with E-state index in [2.05, 4.69) is 5.32 Å². The molecule has 1 unspecified atom stereocenters. The highest BCUT2D eigenvalue weighted by atomic mass is 31.2. The Bertz CT molecular complexity index is 98.2. The largest absolute Gasteiger partial charge is 0.800 e. The molecule has 0 fully saturated rings. The first-order chi connectivity index (χ1) is 3.56. The van der Waals surface area contributed by atoms with E-state index >= 15 is 0 Å². The van der Waals surface area contributed by atoms with Gasteiger partial charge >= 0.3 is 0 Å². The Hall–Kier alpha value is 0.150. The minimum atomic E-state index is -3.03. The van der Waals surface area contributed by atoms with Crippen LogP contribution in [-0.2, 0) is 4.57 Å². The van der Waals surface area contributed by atoms with Gasteiger partial charge < -0.3 is 14.8 Å². The molecule has 0 amide bonds.